The summed E-state index contributed by atoms with van der Waals surface area (Å²) in [5.41, 5.74) is 5.28. The third kappa shape index (κ3) is 3.31. The molecule has 0 saturated carbocycles. The Morgan fingerprint density at radius 1 is 1.48 bits per heavy atom. The molecule has 0 atom stereocenters. The molecule has 2 aromatic rings. The summed E-state index contributed by atoms with van der Waals surface area (Å²) in [4.78, 5) is 13.8. The molecule has 112 valence electrons. The van der Waals surface area contributed by atoms with E-state index >= 15 is 0 Å². The van der Waals surface area contributed by atoms with Crippen LogP contribution < -0.4 is 10.5 Å². The van der Waals surface area contributed by atoms with Crippen LogP contribution in [0.15, 0.2) is 27.0 Å². The molecule has 21 heavy (non-hydrogen) atoms. The number of anilines is 2. The second-order valence-corrected chi connectivity index (χ2v) is 8.07. The molecular weight excluding hydrogens is 384 g/mol. The second-order valence-electron chi connectivity index (χ2n) is 4.01. The van der Waals surface area contributed by atoms with Gasteiger partial charge < -0.3 is 5.73 Å². The van der Waals surface area contributed by atoms with Crippen LogP contribution in [0.1, 0.15) is 5.56 Å². The first kappa shape index (κ1) is 15.7. The number of nitrogens with zero attached hydrogens (tertiary/aromatic N) is 2. The minimum Gasteiger partial charge on any atom is -0.393 e. The van der Waals surface area contributed by atoms with Crippen molar-refractivity contribution in [1.29, 1.82) is 0 Å². The molecule has 0 spiro atoms. The first-order chi connectivity index (χ1) is 9.70. The third-order valence-electron chi connectivity index (χ3n) is 2.51. The van der Waals surface area contributed by atoms with Gasteiger partial charge in [0.25, 0.3) is 15.7 Å². The van der Waals surface area contributed by atoms with Gasteiger partial charge in [0.1, 0.15) is 5.69 Å². The summed E-state index contributed by atoms with van der Waals surface area (Å²) in [6, 6.07) is 2.19. The Morgan fingerprint density at radius 2 is 2.14 bits per heavy atom. The SMILES string of the molecule is Cc1cc(N)c([N+](=O)[O-])cc1S(=O)(=O)Nc1ncc(Br)s1. The molecule has 0 aliphatic carbocycles. The Hall–Kier alpha value is -1.72. The predicted octanol–water partition coefficient (Wildman–Crippen LogP) is 2.51. The smallest absolute Gasteiger partial charge is 0.293 e. The van der Waals surface area contributed by atoms with Crippen molar-refractivity contribution in [3.05, 3.63) is 37.8 Å². The van der Waals surface area contributed by atoms with Crippen molar-refractivity contribution >= 4 is 53.8 Å². The highest BCUT2D eigenvalue weighted by Gasteiger charge is 2.24. The van der Waals surface area contributed by atoms with Crippen molar-refractivity contribution in [2.45, 2.75) is 11.8 Å². The number of sulfonamides is 1. The number of nitrogens with one attached hydrogen (secondary N) is 1. The van der Waals surface area contributed by atoms with Gasteiger partial charge in [0.15, 0.2) is 5.13 Å². The maximum Gasteiger partial charge on any atom is 0.293 e. The molecule has 0 fully saturated rings. The zero-order chi connectivity index (χ0) is 15.8. The minimum absolute atomic E-state index is 0.0894. The fourth-order valence-corrected chi connectivity index (χ4v) is 4.21. The number of nitrogen functional groups attached to an aromatic ring is 1. The summed E-state index contributed by atoms with van der Waals surface area (Å²) >= 11 is 4.25. The summed E-state index contributed by atoms with van der Waals surface area (Å²) in [5, 5.41) is 11.0. The molecule has 0 radical (unpaired) electrons. The van der Waals surface area contributed by atoms with E-state index in [0.29, 0.717) is 9.35 Å². The quantitative estimate of drug-likeness (QED) is 0.467. The Bertz CT molecular complexity index is 818. The number of nitro groups is 1. The number of halogens is 1. The van der Waals surface area contributed by atoms with Crippen LogP contribution in [0.4, 0.5) is 16.5 Å². The van der Waals surface area contributed by atoms with E-state index < -0.39 is 20.6 Å². The summed E-state index contributed by atoms with van der Waals surface area (Å²) in [6.45, 7) is 1.51. The van der Waals surface area contributed by atoms with Crippen LogP contribution in [-0.4, -0.2) is 18.3 Å². The Morgan fingerprint density at radius 3 is 2.67 bits per heavy atom. The largest absolute Gasteiger partial charge is 0.393 e. The molecule has 0 unspecified atom stereocenters. The molecule has 8 nitrogen and oxygen atoms in total. The Kier molecular flexibility index (Phi) is 4.16. The maximum absolute atomic E-state index is 12.3. The normalized spacial score (nSPS) is 11.3. The first-order valence-electron chi connectivity index (χ1n) is 5.39. The van der Waals surface area contributed by atoms with Crippen molar-refractivity contribution in [2.75, 3.05) is 10.5 Å². The van der Waals surface area contributed by atoms with Crippen molar-refractivity contribution < 1.29 is 13.3 Å². The number of thiazole rings is 1. The first-order valence-corrected chi connectivity index (χ1v) is 8.48. The van der Waals surface area contributed by atoms with Gasteiger partial charge in [0, 0.05) is 6.07 Å². The zero-order valence-corrected chi connectivity index (χ0v) is 13.8. The van der Waals surface area contributed by atoms with E-state index in [1.165, 1.54) is 19.2 Å². The van der Waals surface area contributed by atoms with Crippen LogP contribution >= 0.6 is 27.3 Å². The number of benzene rings is 1. The number of nitrogens with two attached hydrogens (primary N) is 1. The summed E-state index contributed by atoms with van der Waals surface area (Å²) in [6.07, 6.45) is 1.45. The van der Waals surface area contributed by atoms with Crippen molar-refractivity contribution in [1.82, 2.24) is 4.98 Å². The predicted molar refractivity (Wildman–Crippen MR) is 82.9 cm³/mol. The molecule has 0 aliphatic heterocycles. The van der Waals surface area contributed by atoms with E-state index in [-0.39, 0.29) is 15.7 Å². The van der Waals surface area contributed by atoms with Gasteiger partial charge in [-0.05, 0) is 34.5 Å². The molecule has 1 aromatic carbocycles. The minimum atomic E-state index is -3.99. The summed E-state index contributed by atoms with van der Waals surface area (Å²) in [7, 11) is -3.99. The summed E-state index contributed by atoms with van der Waals surface area (Å²) in [5.74, 6) is 0. The lowest BCUT2D eigenvalue weighted by Gasteiger charge is -2.09. The van der Waals surface area contributed by atoms with E-state index in [1.54, 1.807) is 0 Å². The van der Waals surface area contributed by atoms with Crippen LogP contribution in [-0.2, 0) is 10.0 Å². The molecule has 3 N–H and O–H groups in total. The lowest BCUT2D eigenvalue weighted by molar-refractivity contribution is -0.384. The number of aromatic nitrogens is 1. The van der Waals surface area contributed by atoms with Crippen LogP contribution in [0.5, 0.6) is 0 Å². The molecule has 1 aromatic heterocycles. The summed E-state index contributed by atoms with van der Waals surface area (Å²) < 4.78 is 27.5. The molecule has 2 rings (SSSR count). The highest BCUT2D eigenvalue weighted by atomic mass is 79.9. The molecule has 11 heteroatoms. The van der Waals surface area contributed by atoms with Gasteiger partial charge >= 0.3 is 0 Å². The van der Waals surface area contributed by atoms with Gasteiger partial charge in [-0.1, -0.05) is 11.3 Å². The number of nitro benzene ring substituents is 1. The van der Waals surface area contributed by atoms with Gasteiger partial charge in [-0.25, -0.2) is 13.4 Å². The van der Waals surface area contributed by atoms with Crippen LogP contribution in [0.3, 0.4) is 0 Å². The van der Waals surface area contributed by atoms with Gasteiger partial charge in [-0.3, -0.25) is 14.8 Å². The number of aryl methyl sites for hydroxylation is 1. The molecule has 1 heterocycles. The fraction of sp³-hybridized carbons (Fsp3) is 0.100. The van der Waals surface area contributed by atoms with E-state index in [2.05, 4.69) is 25.6 Å². The lowest BCUT2D eigenvalue weighted by Crippen LogP contribution is -2.15. The van der Waals surface area contributed by atoms with Crippen molar-refractivity contribution in [3.63, 3.8) is 0 Å². The van der Waals surface area contributed by atoms with Crippen LogP contribution in [0.2, 0.25) is 0 Å². The van der Waals surface area contributed by atoms with Gasteiger partial charge in [0.05, 0.1) is 19.8 Å². The number of hydrogen-bond acceptors (Lipinski definition) is 7. The van der Waals surface area contributed by atoms with Gasteiger partial charge in [0.2, 0.25) is 0 Å². The number of hydrogen-bond donors (Lipinski definition) is 2. The third-order valence-corrected chi connectivity index (χ3v) is 5.51. The topological polar surface area (TPSA) is 128 Å². The van der Waals surface area contributed by atoms with Crippen molar-refractivity contribution in [2.24, 2.45) is 0 Å². The Labute approximate surface area is 132 Å². The van der Waals surface area contributed by atoms with E-state index in [1.807, 2.05) is 0 Å². The zero-order valence-electron chi connectivity index (χ0n) is 10.5. The van der Waals surface area contributed by atoms with E-state index in [0.717, 1.165) is 17.4 Å². The molecule has 0 aliphatic rings. The molecule has 0 saturated heterocycles. The standard InChI is InChI=1S/C10H9BrN4O4S2/c1-5-2-6(12)7(15(16)17)3-8(5)21(18,19)14-10-13-4-9(11)20-10/h2-4H,12H2,1H3,(H,13,14). The number of rotatable bonds is 4. The maximum atomic E-state index is 12.3. The second kappa shape index (κ2) is 5.58. The van der Waals surface area contributed by atoms with Crippen LogP contribution in [0.25, 0.3) is 0 Å². The average Bonchev–Trinajstić information content (AvgIpc) is 2.72. The Balaban J connectivity index is 2.49. The van der Waals surface area contributed by atoms with Crippen molar-refractivity contribution in [3.8, 4) is 0 Å². The van der Waals surface area contributed by atoms with Gasteiger partial charge in [-0.2, -0.15) is 0 Å². The van der Waals surface area contributed by atoms with E-state index in [4.69, 9.17) is 5.73 Å². The molecule has 0 amide bonds. The molecular formula is C10H9BrN4O4S2. The lowest BCUT2D eigenvalue weighted by atomic mass is 10.2. The van der Waals surface area contributed by atoms with Crippen LogP contribution in [0, 0.1) is 17.0 Å². The average molecular weight is 393 g/mol. The van der Waals surface area contributed by atoms with E-state index in [9.17, 15) is 18.5 Å². The highest BCUT2D eigenvalue weighted by Crippen LogP contribution is 2.30. The fourth-order valence-electron chi connectivity index (χ4n) is 1.62. The van der Waals surface area contributed by atoms with Gasteiger partial charge in [-0.15, -0.1) is 0 Å². The monoisotopic (exact) mass is 392 g/mol. The highest BCUT2D eigenvalue weighted by molar-refractivity contribution is 9.11. The molecule has 0 bridgehead atoms.